The second kappa shape index (κ2) is 5.66. The molecule has 7 heteroatoms. The van der Waals surface area contributed by atoms with Gasteiger partial charge in [-0.1, -0.05) is 0 Å². The summed E-state index contributed by atoms with van der Waals surface area (Å²) in [5.74, 6) is 0.691. The van der Waals surface area contributed by atoms with Crippen LogP contribution in [-0.2, 0) is 22.7 Å². The van der Waals surface area contributed by atoms with Gasteiger partial charge in [-0.2, -0.15) is 5.10 Å². The highest BCUT2D eigenvalue weighted by molar-refractivity contribution is 6.42. The molecular weight excluding hydrogens is 274 g/mol. The highest BCUT2D eigenvalue weighted by Gasteiger charge is 2.27. The quantitative estimate of drug-likeness (QED) is 0.897. The number of hydrazone groups is 1. The molecule has 0 fully saturated rings. The van der Waals surface area contributed by atoms with E-state index in [0.717, 1.165) is 0 Å². The van der Waals surface area contributed by atoms with E-state index in [9.17, 15) is 9.59 Å². The fraction of sp³-hybridized carbons (Fsp3) is 0.214. The number of nitrogens with one attached hydrogen (secondary N) is 1. The molecule has 3 rings (SSSR count). The summed E-state index contributed by atoms with van der Waals surface area (Å²) < 4.78 is 10.5. The lowest BCUT2D eigenvalue weighted by Gasteiger charge is -2.20. The number of rotatable bonds is 5. The van der Waals surface area contributed by atoms with Gasteiger partial charge in [0.2, 0.25) is 5.91 Å². The molecule has 108 valence electrons. The molecule has 2 amide bonds. The first-order valence-electron chi connectivity index (χ1n) is 6.42. The first kappa shape index (κ1) is 13.2. The minimum Gasteiger partial charge on any atom is -0.467 e. The van der Waals surface area contributed by atoms with Crippen molar-refractivity contribution in [3.05, 3.63) is 48.3 Å². The molecule has 0 bridgehead atoms. The van der Waals surface area contributed by atoms with Crippen LogP contribution in [0.5, 0.6) is 0 Å². The molecule has 0 spiro atoms. The topological polar surface area (TPSA) is 88.1 Å². The van der Waals surface area contributed by atoms with Crippen LogP contribution in [0.3, 0.4) is 0 Å². The fourth-order valence-electron chi connectivity index (χ4n) is 2.05. The Balaban J connectivity index is 1.77. The normalized spacial score (nSPS) is 13.9. The van der Waals surface area contributed by atoms with E-state index >= 15 is 0 Å². The zero-order valence-corrected chi connectivity index (χ0v) is 11.1. The van der Waals surface area contributed by atoms with Gasteiger partial charge in [0.15, 0.2) is 0 Å². The van der Waals surface area contributed by atoms with Crippen LogP contribution < -0.4 is 5.43 Å². The van der Waals surface area contributed by atoms with Crippen LogP contribution >= 0.6 is 0 Å². The van der Waals surface area contributed by atoms with Crippen molar-refractivity contribution in [3.8, 4) is 0 Å². The second-order valence-corrected chi connectivity index (χ2v) is 4.59. The van der Waals surface area contributed by atoms with E-state index in [2.05, 4.69) is 10.5 Å². The molecule has 0 atom stereocenters. The van der Waals surface area contributed by atoms with E-state index in [1.54, 1.807) is 36.8 Å². The third-order valence-electron chi connectivity index (χ3n) is 3.03. The van der Waals surface area contributed by atoms with Crippen molar-refractivity contribution in [2.24, 2.45) is 5.10 Å². The summed E-state index contributed by atoms with van der Waals surface area (Å²) in [6, 6.07) is 7.07. The lowest BCUT2D eigenvalue weighted by atomic mass is 10.2. The molecule has 0 saturated carbocycles. The highest BCUT2D eigenvalue weighted by atomic mass is 16.3. The molecule has 0 aliphatic carbocycles. The third-order valence-corrected chi connectivity index (χ3v) is 3.03. The monoisotopic (exact) mass is 287 g/mol. The molecule has 21 heavy (non-hydrogen) atoms. The molecule has 0 radical (unpaired) electrons. The third kappa shape index (κ3) is 3.02. The number of amides is 2. The van der Waals surface area contributed by atoms with E-state index in [1.165, 1.54) is 4.90 Å². The van der Waals surface area contributed by atoms with Gasteiger partial charge in [-0.05, 0) is 24.3 Å². The highest BCUT2D eigenvalue weighted by Crippen LogP contribution is 2.13. The van der Waals surface area contributed by atoms with Crippen molar-refractivity contribution in [1.82, 2.24) is 10.3 Å². The lowest BCUT2D eigenvalue weighted by Crippen LogP contribution is -2.35. The minimum absolute atomic E-state index is 0.00829. The predicted molar refractivity (Wildman–Crippen MR) is 71.9 cm³/mol. The number of carbonyl (C=O) groups is 2. The Morgan fingerprint density at radius 3 is 2.24 bits per heavy atom. The van der Waals surface area contributed by atoms with Crippen LogP contribution in [-0.4, -0.2) is 22.4 Å². The summed E-state index contributed by atoms with van der Waals surface area (Å²) in [5, 5.41) is 3.76. The number of hydrogen-bond acceptors (Lipinski definition) is 5. The number of nitrogens with zero attached hydrogens (tertiary/aromatic N) is 2. The fourth-order valence-corrected chi connectivity index (χ4v) is 2.05. The first-order chi connectivity index (χ1) is 10.2. The molecule has 0 aromatic carbocycles. The maximum atomic E-state index is 12.5. The Labute approximate surface area is 120 Å². The summed E-state index contributed by atoms with van der Waals surface area (Å²) in [6.07, 6.45) is 3.08. The molecule has 0 saturated heterocycles. The van der Waals surface area contributed by atoms with E-state index in [4.69, 9.17) is 8.83 Å². The van der Waals surface area contributed by atoms with Gasteiger partial charge in [0.25, 0.3) is 5.91 Å². The van der Waals surface area contributed by atoms with E-state index in [-0.39, 0.29) is 37.0 Å². The first-order valence-corrected chi connectivity index (χ1v) is 6.42. The van der Waals surface area contributed by atoms with Crippen LogP contribution in [0.1, 0.15) is 17.9 Å². The van der Waals surface area contributed by atoms with Crippen molar-refractivity contribution < 1.29 is 18.4 Å². The average molecular weight is 287 g/mol. The van der Waals surface area contributed by atoms with E-state index in [1.807, 2.05) is 0 Å². The van der Waals surface area contributed by atoms with Gasteiger partial charge in [0.1, 0.15) is 17.2 Å². The molecule has 2 aromatic heterocycles. The van der Waals surface area contributed by atoms with Gasteiger partial charge >= 0.3 is 0 Å². The van der Waals surface area contributed by atoms with Crippen molar-refractivity contribution in [2.45, 2.75) is 19.5 Å². The maximum Gasteiger partial charge on any atom is 0.271 e. The average Bonchev–Trinajstić information content (AvgIpc) is 3.19. The van der Waals surface area contributed by atoms with Crippen molar-refractivity contribution >= 4 is 17.5 Å². The standard InChI is InChI=1S/C14H13N3O4/c18-13-7-12(15-16-13)14(19)17(8-10-3-1-5-20-10)9-11-4-2-6-21-11/h1-6H,7-9H2,(H,16,18). The van der Waals surface area contributed by atoms with Crippen molar-refractivity contribution in [2.75, 3.05) is 0 Å². The molecule has 1 aliphatic heterocycles. The molecule has 0 unspecified atom stereocenters. The summed E-state index contributed by atoms with van der Waals surface area (Å²) in [6.45, 7) is 0.555. The molecule has 7 nitrogen and oxygen atoms in total. The number of hydrogen-bond donors (Lipinski definition) is 1. The molecular formula is C14H13N3O4. The minimum atomic E-state index is -0.318. The van der Waals surface area contributed by atoms with Crippen LogP contribution in [0.2, 0.25) is 0 Å². The summed E-state index contributed by atoms with van der Waals surface area (Å²) in [7, 11) is 0. The van der Waals surface area contributed by atoms with Crippen LogP contribution in [0, 0.1) is 0 Å². The van der Waals surface area contributed by atoms with Gasteiger partial charge in [0.05, 0.1) is 32.0 Å². The molecule has 1 aliphatic rings. The number of furan rings is 2. The van der Waals surface area contributed by atoms with E-state index < -0.39 is 0 Å². The Bertz CT molecular complexity index is 622. The Morgan fingerprint density at radius 1 is 1.19 bits per heavy atom. The van der Waals surface area contributed by atoms with Gasteiger partial charge in [-0.25, -0.2) is 5.43 Å². The van der Waals surface area contributed by atoms with Crippen LogP contribution in [0.25, 0.3) is 0 Å². The summed E-state index contributed by atoms with van der Waals surface area (Å²) >= 11 is 0. The largest absolute Gasteiger partial charge is 0.467 e. The number of carbonyl (C=O) groups excluding carboxylic acids is 2. The van der Waals surface area contributed by atoms with Crippen molar-refractivity contribution in [1.29, 1.82) is 0 Å². The lowest BCUT2D eigenvalue weighted by molar-refractivity contribution is -0.126. The van der Waals surface area contributed by atoms with Gasteiger partial charge in [-0.3, -0.25) is 9.59 Å². The summed E-state index contributed by atoms with van der Waals surface area (Å²) in [5.41, 5.74) is 2.47. The zero-order chi connectivity index (χ0) is 14.7. The van der Waals surface area contributed by atoms with Crippen LogP contribution in [0.4, 0.5) is 0 Å². The Morgan fingerprint density at radius 2 is 1.81 bits per heavy atom. The predicted octanol–water partition coefficient (Wildman–Crippen LogP) is 1.28. The molecule has 3 heterocycles. The van der Waals surface area contributed by atoms with Gasteiger partial charge in [0, 0.05) is 0 Å². The van der Waals surface area contributed by atoms with E-state index in [0.29, 0.717) is 11.5 Å². The summed E-state index contributed by atoms with van der Waals surface area (Å²) in [4.78, 5) is 25.2. The zero-order valence-electron chi connectivity index (χ0n) is 11.1. The van der Waals surface area contributed by atoms with Gasteiger partial charge in [-0.15, -0.1) is 0 Å². The second-order valence-electron chi connectivity index (χ2n) is 4.59. The Hall–Kier alpha value is -2.83. The smallest absolute Gasteiger partial charge is 0.271 e. The molecule has 2 aromatic rings. The van der Waals surface area contributed by atoms with Crippen molar-refractivity contribution in [3.63, 3.8) is 0 Å². The SMILES string of the molecule is O=C1CC(C(=O)N(Cc2ccco2)Cc2ccco2)=NN1. The maximum absolute atomic E-state index is 12.5. The Kier molecular flexibility index (Phi) is 3.55. The van der Waals surface area contributed by atoms with Crippen LogP contribution in [0.15, 0.2) is 50.7 Å². The molecule has 1 N–H and O–H groups in total. The van der Waals surface area contributed by atoms with Gasteiger partial charge < -0.3 is 13.7 Å².